The molecule has 6 rings (SSSR count). The molecule has 12 heteroatoms. The summed E-state index contributed by atoms with van der Waals surface area (Å²) >= 11 is 0. The van der Waals surface area contributed by atoms with Gasteiger partial charge in [0.15, 0.2) is 11.6 Å². The lowest BCUT2D eigenvalue weighted by Gasteiger charge is -2.39. The molecule has 2 saturated heterocycles. The number of aliphatic hydroxyl groups is 1. The van der Waals surface area contributed by atoms with Gasteiger partial charge in [-0.2, -0.15) is 4.68 Å². The number of nitrogens with zero attached hydrogens (tertiary/aromatic N) is 8. The van der Waals surface area contributed by atoms with E-state index in [-0.39, 0.29) is 23.8 Å². The van der Waals surface area contributed by atoms with E-state index in [0.717, 1.165) is 44.6 Å². The zero-order chi connectivity index (χ0) is 22.6. The Morgan fingerprint density at radius 1 is 1.18 bits per heavy atom. The van der Waals surface area contributed by atoms with Crippen molar-refractivity contribution < 1.29 is 19.4 Å². The van der Waals surface area contributed by atoms with E-state index in [1.165, 1.54) is 23.3 Å². The van der Waals surface area contributed by atoms with Gasteiger partial charge in [-0.3, -0.25) is 9.78 Å². The highest BCUT2D eigenvalue weighted by Crippen LogP contribution is 2.58. The van der Waals surface area contributed by atoms with E-state index in [1.54, 1.807) is 6.20 Å². The van der Waals surface area contributed by atoms with Crippen LogP contribution in [0.3, 0.4) is 0 Å². The third kappa shape index (κ3) is 3.49. The van der Waals surface area contributed by atoms with Crippen LogP contribution < -0.4 is 0 Å². The molecular formula is C21H24N8O4. The lowest BCUT2D eigenvalue weighted by atomic mass is 9.76. The lowest BCUT2D eigenvalue weighted by Crippen LogP contribution is -2.43. The van der Waals surface area contributed by atoms with Crippen molar-refractivity contribution in [2.75, 3.05) is 32.8 Å². The SMILES string of the molecule is O=C1C=C(N2CC3(CCN(C[C@H](O)c4cnc(-n5cnnn5)cn4)CC3)CC23CC3=O)CO1. The van der Waals surface area contributed by atoms with E-state index in [9.17, 15) is 14.7 Å². The van der Waals surface area contributed by atoms with Crippen LogP contribution >= 0.6 is 0 Å². The van der Waals surface area contributed by atoms with Crippen LogP contribution in [0.25, 0.3) is 5.82 Å². The fourth-order valence-electron chi connectivity index (χ4n) is 5.55. The zero-order valence-corrected chi connectivity index (χ0v) is 18.0. The number of ether oxygens (including phenoxy) is 1. The van der Waals surface area contributed by atoms with E-state index in [0.29, 0.717) is 24.5 Å². The molecule has 1 N–H and O–H groups in total. The fourth-order valence-corrected chi connectivity index (χ4v) is 5.55. The number of aromatic nitrogens is 6. The second-order valence-electron chi connectivity index (χ2n) is 9.51. The normalized spacial score (nSPS) is 27.3. The third-order valence-corrected chi connectivity index (χ3v) is 7.45. The summed E-state index contributed by atoms with van der Waals surface area (Å²) in [5.74, 6) is 0.419. The maximum Gasteiger partial charge on any atom is 0.333 e. The molecule has 33 heavy (non-hydrogen) atoms. The smallest absolute Gasteiger partial charge is 0.333 e. The van der Waals surface area contributed by atoms with Crippen LogP contribution in [-0.2, 0) is 14.3 Å². The molecule has 1 unspecified atom stereocenters. The number of rotatable bonds is 5. The van der Waals surface area contributed by atoms with Gasteiger partial charge in [-0.05, 0) is 48.2 Å². The van der Waals surface area contributed by atoms with Crippen molar-refractivity contribution in [2.24, 2.45) is 5.41 Å². The van der Waals surface area contributed by atoms with Crippen LogP contribution in [-0.4, -0.2) is 95.2 Å². The number of piperidine rings is 1. The number of aliphatic hydroxyl groups excluding tert-OH is 1. The zero-order valence-electron chi connectivity index (χ0n) is 18.0. The van der Waals surface area contributed by atoms with Crippen molar-refractivity contribution in [1.82, 2.24) is 40.0 Å². The number of hydrogen-bond acceptors (Lipinski definition) is 11. The molecule has 12 nitrogen and oxygen atoms in total. The summed E-state index contributed by atoms with van der Waals surface area (Å²) in [6.07, 6.45) is 8.57. The Labute approximate surface area is 189 Å². The van der Waals surface area contributed by atoms with Gasteiger partial charge in [0.1, 0.15) is 24.6 Å². The van der Waals surface area contributed by atoms with Gasteiger partial charge < -0.3 is 19.6 Å². The second-order valence-corrected chi connectivity index (χ2v) is 9.51. The molecule has 0 radical (unpaired) electrons. The summed E-state index contributed by atoms with van der Waals surface area (Å²) in [6, 6.07) is 0. The van der Waals surface area contributed by atoms with Crippen molar-refractivity contribution in [3.63, 3.8) is 0 Å². The largest absolute Gasteiger partial charge is 0.456 e. The number of likely N-dealkylation sites (tertiary alicyclic amines) is 2. The summed E-state index contributed by atoms with van der Waals surface area (Å²) in [5.41, 5.74) is 0.954. The lowest BCUT2D eigenvalue weighted by molar-refractivity contribution is -0.135. The monoisotopic (exact) mass is 452 g/mol. The number of β-amino-alcohol motifs (C(OH)–C–C–N with tert-alkyl or cyclic N) is 1. The van der Waals surface area contributed by atoms with E-state index >= 15 is 0 Å². The molecule has 2 aromatic rings. The predicted molar refractivity (Wildman–Crippen MR) is 111 cm³/mol. The van der Waals surface area contributed by atoms with Crippen molar-refractivity contribution in [3.8, 4) is 5.82 Å². The molecule has 172 valence electrons. The Balaban J connectivity index is 1.08. The number of carbonyl (C=O) groups is 2. The predicted octanol–water partition coefficient (Wildman–Crippen LogP) is -0.574. The molecule has 3 aliphatic heterocycles. The van der Waals surface area contributed by atoms with Gasteiger partial charge in [-0.1, -0.05) is 0 Å². The summed E-state index contributed by atoms with van der Waals surface area (Å²) in [4.78, 5) is 36.9. The molecule has 0 aromatic carbocycles. The Morgan fingerprint density at radius 2 is 2.00 bits per heavy atom. The van der Waals surface area contributed by atoms with Crippen molar-refractivity contribution >= 4 is 11.8 Å². The summed E-state index contributed by atoms with van der Waals surface area (Å²) in [6.45, 7) is 3.17. The van der Waals surface area contributed by atoms with Crippen LogP contribution in [0, 0.1) is 5.41 Å². The molecule has 3 fully saturated rings. The molecule has 1 saturated carbocycles. The third-order valence-electron chi connectivity index (χ3n) is 7.45. The van der Waals surface area contributed by atoms with Gasteiger partial charge >= 0.3 is 5.97 Å². The number of ketones is 1. The number of esters is 1. The molecule has 0 amide bonds. The van der Waals surface area contributed by atoms with Gasteiger partial charge in [-0.15, -0.1) is 5.10 Å². The Hall–Kier alpha value is -3.25. The molecule has 0 bridgehead atoms. The number of tetrazole rings is 1. The van der Waals surface area contributed by atoms with E-state index in [2.05, 4.69) is 35.3 Å². The molecule has 5 heterocycles. The number of hydrogen-bond donors (Lipinski definition) is 1. The maximum atomic E-state index is 12.4. The highest BCUT2D eigenvalue weighted by atomic mass is 16.5. The molecule has 2 spiro atoms. The molecule has 2 aromatic heterocycles. The highest BCUT2D eigenvalue weighted by molar-refractivity contribution is 6.06. The van der Waals surface area contributed by atoms with Gasteiger partial charge in [0.2, 0.25) is 0 Å². The van der Waals surface area contributed by atoms with Crippen LogP contribution in [0.1, 0.15) is 37.5 Å². The first-order chi connectivity index (χ1) is 16.0. The fraction of sp³-hybridized carbons (Fsp3) is 0.571. The van der Waals surface area contributed by atoms with Crippen LogP contribution in [0.15, 0.2) is 30.5 Å². The number of Topliss-reactive ketones (excluding diaryl/α,β-unsaturated/α-hetero) is 1. The first-order valence-electron chi connectivity index (χ1n) is 11.1. The Morgan fingerprint density at radius 3 is 2.61 bits per heavy atom. The maximum absolute atomic E-state index is 12.4. The van der Waals surface area contributed by atoms with Gasteiger partial charge in [-0.25, -0.2) is 9.78 Å². The highest BCUT2D eigenvalue weighted by Gasteiger charge is 2.67. The minimum absolute atomic E-state index is 0.0490. The quantitative estimate of drug-likeness (QED) is 0.583. The van der Waals surface area contributed by atoms with Gasteiger partial charge in [0, 0.05) is 25.6 Å². The Bertz CT molecular complexity index is 1110. The van der Waals surface area contributed by atoms with Crippen LogP contribution in [0.5, 0.6) is 0 Å². The molecular weight excluding hydrogens is 428 g/mol. The number of cyclic esters (lactones) is 1. The molecule has 2 atom stereocenters. The first kappa shape index (κ1) is 20.4. The second kappa shape index (κ2) is 7.39. The average Bonchev–Trinajstić information content (AvgIpc) is 3.28. The first-order valence-corrected chi connectivity index (χ1v) is 11.1. The van der Waals surface area contributed by atoms with Crippen molar-refractivity contribution in [3.05, 3.63) is 36.2 Å². The van der Waals surface area contributed by atoms with E-state index < -0.39 is 11.6 Å². The summed E-state index contributed by atoms with van der Waals surface area (Å²) < 4.78 is 6.50. The number of carbonyl (C=O) groups excluding carboxylic acids is 2. The summed E-state index contributed by atoms with van der Waals surface area (Å²) in [7, 11) is 0. The summed E-state index contributed by atoms with van der Waals surface area (Å²) in [5, 5.41) is 21.6. The van der Waals surface area contributed by atoms with E-state index in [4.69, 9.17) is 4.74 Å². The van der Waals surface area contributed by atoms with Crippen LogP contribution in [0.4, 0.5) is 0 Å². The minimum atomic E-state index is -0.752. The van der Waals surface area contributed by atoms with Gasteiger partial charge in [0.25, 0.3) is 0 Å². The van der Waals surface area contributed by atoms with Gasteiger partial charge in [0.05, 0.1) is 23.8 Å². The minimum Gasteiger partial charge on any atom is -0.456 e. The topological polar surface area (TPSA) is 139 Å². The van der Waals surface area contributed by atoms with Crippen LogP contribution in [0.2, 0.25) is 0 Å². The van der Waals surface area contributed by atoms with Crippen molar-refractivity contribution in [1.29, 1.82) is 0 Å². The molecule has 4 aliphatic rings. The average molecular weight is 452 g/mol. The molecule has 1 aliphatic carbocycles. The van der Waals surface area contributed by atoms with E-state index in [1.807, 2.05) is 0 Å². The van der Waals surface area contributed by atoms with Crippen molar-refractivity contribution in [2.45, 2.75) is 37.3 Å². The standard InChI is InChI=1S/C21H24N8O4/c30-16(15-7-23-18(8-22-15)29-13-24-25-26-29)9-27-3-1-20(2-4-27)11-21(6-17(21)31)28(12-20)14-5-19(32)33-10-14/h5,7-8,13,16,30H,1-4,6,9-12H2/t16-,21?/m0/s1. The Kier molecular flexibility index (Phi) is 4.56.